The van der Waals surface area contributed by atoms with Crippen molar-refractivity contribution in [3.8, 4) is 0 Å². The van der Waals surface area contributed by atoms with Crippen LogP contribution in [0.25, 0.3) is 0 Å². The molecule has 0 amide bonds. The second-order valence-corrected chi connectivity index (χ2v) is 4.79. The zero-order valence-corrected chi connectivity index (χ0v) is 8.45. The smallest absolute Gasteiger partial charge is 0.0976 e. The molecule has 1 aliphatic heterocycles. The van der Waals surface area contributed by atoms with Crippen LogP contribution in [0, 0.1) is 11.8 Å². The van der Waals surface area contributed by atoms with Crippen molar-refractivity contribution < 1.29 is 4.39 Å². The zero-order valence-electron chi connectivity index (χ0n) is 7.63. The maximum Gasteiger partial charge on any atom is 0.0976 e. The van der Waals surface area contributed by atoms with Gasteiger partial charge in [-0.1, -0.05) is 0 Å². The molecule has 0 bridgehead atoms. The first-order valence-electron chi connectivity index (χ1n) is 4.66. The molecule has 1 fully saturated rings. The van der Waals surface area contributed by atoms with Crippen LogP contribution in [0.3, 0.4) is 0 Å². The Balaban J connectivity index is 2.36. The van der Waals surface area contributed by atoms with E-state index in [9.17, 15) is 4.39 Å². The lowest BCUT2D eigenvalue weighted by molar-refractivity contribution is 0.236. The molecule has 0 aromatic heterocycles. The average Bonchev–Trinajstić information content (AvgIpc) is 2.04. The fourth-order valence-corrected chi connectivity index (χ4v) is 3.18. The van der Waals surface area contributed by atoms with Gasteiger partial charge >= 0.3 is 0 Å². The minimum atomic E-state index is -0.660. The van der Waals surface area contributed by atoms with E-state index in [1.807, 2.05) is 11.8 Å². The van der Waals surface area contributed by atoms with E-state index in [-0.39, 0.29) is 0 Å². The van der Waals surface area contributed by atoms with E-state index in [1.54, 1.807) is 6.92 Å². The van der Waals surface area contributed by atoms with E-state index in [1.165, 1.54) is 5.75 Å². The van der Waals surface area contributed by atoms with Crippen molar-refractivity contribution in [2.24, 2.45) is 17.6 Å². The van der Waals surface area contributed by atoms with Crippen LogP contribution in [0.1, 0.15) is 19.8 Å². The van der Waals surface area contributed by atoms with E-state index < -0.39 is 6.17 Å². The fraction of sp³-hybridized carbons (Fsp3) is 1.00. The summed E-state index contributed by atoms with van der Waals surface area (Å²) in [6, 6.07) is 0. The van der Waals surface area contributed by atoms with Crippen LogP contribution in [-0.2, 0) is 0 Å². The van der Waals surface area contributed by atoms with Crippen LogP contribution >= 0.6 is 11.8 Å². The highest BCUT2D eigenvalue weighted by molar-refractivity contribution is 7.99. The Hall–Kier alpha value is 0.240. The van der Waals surface area contributed by atoms with Gasteiger partial charge in [0, 0.05) is 0 Å². The number of alkyl halides is 1. The third-order valence-electron chi connectivity index (χ3n) is 2.56. The summed E-state index contributed by atoms with van der Waals surface area (Å²) in [6.07, 6.45) is 1.20. The van der Waals surface area contributed by atoms with Gasteiger partial charge in [0.15, 0.2) is 0 Å². The Kier molecular flexibility index (Phi) is 4.36. The van der Waals surface area contributed by atoms with Crippen molar-refractivity contribution in [1.82, 2.24) is 0 Å². The third-order valence-corrected chi connectivity index (χ3v) is 3.75. The summed E-state index contributed by atoms with van der Waals surface area (Å²) in [7, 11) is 0. The Morgan fingerprint density at radius 1 is 1.58 bits per heavy atom. The van der Waals surface area contributed by atoms with Gasteiger partial charge in [0.05, 0.1) is 6.17 Å². The van der Waals surface area contributed by atoms with Crippen molar-refractivity contribution in [3.63, 3.8) is 0 Å². The minimum absolute atomic E-state index is 0.538. The summed E-state index contributed by atoms with van der Waals surface area (Å²) in [5.41, 5.74) is 5.63. The molecule has 3 unspecified atom stereocenters. The number of halogens is 1. The van der Waals surface area contributed by atoms with Gasteiger partial charge < -0.3 is 5.73 Å². The van der Waals surface area contributed by atoms with Crippen LogP contribution < -0.4 is 5.73 Å². The molecule has 72 valence electrons. The summed E-state index contributed by atoms with van der Waals surface area (Å²) in [6.45, 7) is 2.37. The predicted octanol–water partition coefficient (Wildman–Crippen LogP) is 2.06. The maximum atomic E-state index is 12.7. The quantitative estimate of drug-likeness (QED) is 0.739. The van der Waals surface area contributed by atoms with Crippen molar-refractivity contribution in [3.05, 3.63) is 0 Å². The minimum Gasteiger partial charge on any atom is -0.330 e. The summed E-state index contributed by atoms with van der Waals surface area (Å²) in [5.74, 6) is 3.42. The first-order valence-corrected chi connectivity index (χ1v) is 5.81. The molecule has 1 rings (SSSR count). The molecule has 3 heteroatoms. The lowest BCUT2D eigenvalue weighted by Crippen LogP contribution is -2.30. The molecule has 0 radical (unpaired) electrons. The molecule has 0 aliphatic carbocycles. The maximum absolute atomic E-state index is 12.7. The molecule has 1 heterocycles. The molecular weight excluding hydrogens is 173 g/mol. The lowest BCUT2D eigenvalue weighted by Gasteiger charge is -2.30. The molecule has 0 aromatic rings. The van der Waals surface area contributed by atoms with E-state index >= 15 is 0 Å². The van der Waals surface area contributed by atoms with Gasteiger partial charge in [-0.2, -0.15) is 11.8 Å². The molecule has 12 heavy (non-hydrogen) atoms. The van der Waals surface area contributed by atoms with Gasteiger partial charge in [-0.3, -0.25) is 0 Å². The zero-order chi connectivity index (χ0) is 8.97. The van der Waals surface area contributed by atoms with Crippen molar-refractivity contribution in [1.29, 1.82) is 0 Å². The number of hydrogen-bond acceptors (Lipinski definition) is 2. The molecule has 2 N–H and O–H groups in total. The molecule has 1 nitrogen and oxygen atoms in total. The SMILES string of the molecule is CC(F)CC1CCSCC1CN. The van der Waals surface area contributed by atoms with Crippen LogP contribution in [0.15, 0.2) is 0 Å². The Morgan fingerprint density at radius 2 is 2.33 bits per heavy atom. The van der Waals surface area contributed by atoms with Crippen molar-refractivity contribution in [2.75, 3.05) is 18.1 Å². The molecule has 1 aliphatic rings. The largest absolute Gasteiger partial charge is 0.330 e. The van der Waals surface area contributed by atoms with E-state index in [2.05, 4.69) is 0 Å². The second kappa shape index (κ2) is 5.07. The number of rotatable bonds is 3. The highest BCUT2D eigenvalue weighted by Gasteiger charge is 2.25. The topological polar surface area (TPSA) is 26.0 Å². The molecule has 3 atom stereocenters. The molecule has 0 spiro atoms. The summed E-state index contributed by atoms with van der Waals surface area (Å²) < 4.78 is 12.7. The summed E-state index contributed by atoms with van der Waals surface area (Å²) in [4.78, 5) is 0. The van der Waals surface area contributed by atoms with Gasteiger partial charge in [-0.25, -0.2) is 4.39 Å². The fourth-order valence-electron chi connectivity index (χ4n) is 1.83. The number of nitrogens with two attached hydrogens (primary N) is 1. The van der Waals surface area contributed by atoms with E-state index in [4.69, 9.17) is 5.73 Å². The van der Waals surface area contributed by atoms with Crippen LogP contribution in [0.5, 0.6) is 0 Å². The van der Waals surface area contributed by atoms with Gasteiger partial charge in [-0.15, -0.1) is 0 Å². The van der Waals surface area contributed by atoms with Crippen LogP contribution in [0.4, 0.5) is 4.39 Å². The number of hydrogen-bond donors (Lipinski definition) is 1. The first kappa shape index (κ1) is 10.3. The van der Waals surface area contributed by atoms with Crippen molar-refractivity contribution in [2.45, 2.75) is 25.9 Å². The number of thioether (sulfide) groups is 1. The second-order valence-electron chi connectivity index (χ2n) is 3.64. The summed E-state index contributed by atoms with van der Waals surface area (Å²) >= 11 is 1.96. The molecule has 0 saturated carbocycles. The van der Waals surface area contributed by atoms with E-state index in [0.717, 1.165) is 18.7 Å². The highest BCUT2D eigenvalue weighted by atomic mass is 32.2. The Bertz CT molecular complexity index is 130. The predicted molar refractivity (Wildman–Crippen MR) is 53.2 cm³/mol. The van der Waals surface area contributed by atoms with Crippen LogP contribution in [-0.4, -0.2) is 24.2 Å². The normalized spacial score (nSPS) is 33.2. The standard InChI is InChI=1S/C9H18FNS/c1-7(10)4-8-2-3-12-6-9(8)5-11/h7-9H,2-6,11H2,1H3. The molecule has 0 aromatic carbocycles. The Labute approximate surface area is 78.3 Å². The molecule has 1 saturated heterocycles. The summed E-state index contributed by atoms with van der Waals surface area (Å²) in [5, 5.41) is 0. The van der Waals surface area contributed by atoms with Gasteiger partial charge in [0.25, 0.3) is 0 Å². The van der Waals surface area contributed by atoms with E-state index in [0.29, 0.717) is 18.3 Å². The average molecular weight is 191 g/mol. The van der Waals surface area contributed by atoms with Crippen LogP contribution in [0.2, 0.25) is 0 Å². The highest BCUT2D eigenvalue weighted by Crippen LogP contribution is 2.31. The Morgan fingerprint density at radius 3 is 2.92 bits per heavy atom. The van der Waals surface area contributed by atoms with Gasteiger partial charge in [0.2, 0.25) is 0 Å². The third kappa shape index (κ3) is 2.94. The van der Waals surface area contributed by atoms with Crippen molar-refractivity contribution >= 4 is 11.8 Å². The van der Waals surface area contributed by atoms with Gasteiger partial charge in [-0.05, 0) is 49.7 Å². The molecular formula is C9H18FNS. The monoisotopic (exact) mass is 191 g/mol. The lowest BCUT2D eigenvalue weighted by atomic mass is 9.87. The van der Waals surface area contributed by atoms with Gasteiger partial charge in [0.1, 0.15) is 0 Å². The first-order chi connectivity index (χ1) is 5.74.